The molecule has 0 saturated heterocycles. The molecule has 0 heterocycles. The van der Waals surface area contributed by atoms with Gasteiger partial charge in [0, 0.05) is 23.9 Å². The molecule has 134 valence electrons. The highest BCUT2D eigenvalue weighted by Crippen LogP contribution is 2.29. The molecule has 1 atom stereocenters. The summed E-state index contributed by atoms with van der Waals surface area (Å²) in [6, 6.07) is 13.7. The fourth-order valence-corrected chi connectivity index (χ4v) is 3.08. The Bertz CT molecular complexity index is 865. The number of carbonyl (C=O) groups excluding carboxylic acids is 1. The Labute approximate surface area is 148 Å². The zero-order valence-corrected chi connectivity index (χ0v) is 15.5. The van der Waals surface area contributed by atoms with E-state index in [-0.39, 0.29) is 11.9 Å². The Morgan fingerprint density at radius 3 is 2.48 bits per heavy atom. The molecule has 0 saturated carbocycles. The minimum atomic E-state index is -3.40. The highest BCUT2D eigenvalue weighted by molar-refractivity contribution is 7.92. The molecule has 2 aromatic rings. The third kappa shape index (κ3) is 4.73. The van der Waals surface area contributed by atoms with Crippen LogP contribution in [0.1, 0.15) is 28.9 Å². The third-order valence-corrected chi connectivity index (χ3v) is 4.51. The van der Waals surface area contributed by atoms with Crippen LogP contribution >= 0.6 is 0 Å². The summed E-state index contributed by atoms with van der Waals surface area (Å²) in [6.45, 7) is 1.91. The Morgan fingerprint density at radius 1 is 1.16 bits per heavy atom. The van der Waals surface area contributed by atoms with E-state index in [1.807, 2.05) is 31.2 Å². The smallest absolute Gasteiger partial charge is 0.254 e. The van der Waals surface area contributed by atoms with Crippen LogP contribution in [0.3, 0.4) is 0 Å². The van der Waals surface area contributed by atoms with Gasteiger partial charge in [-0.25, -0.2) is 8.42 Å². The number of sulfonamides is 1. The van der Waals surface area contributed by atoms with Gasteiger partial charge in [0.25, 0.3) is 5.91 Å². The molecule has 7 heteroatoms. The summed E-state index contributed by atoms with van der Waals surface area (Å²) in [5.74, 6) is 0.498. The maximum absolute atomic E-state index is 12.8. The monoisotopic (exact) mass is 362 g/mol. The zero-order valence-electron chi connectivity index (χ0n) is 14.7. The maximum atomic E-state index is 12.8. The second kappa shape index (κ2) is 7.57. The molecular weight excluding hydrogens is 340 g/mol. The lowest BCUT2D eigenvalue weighted by molar-refractivity contribution is 0.0741. The maximum Gasteiger partial charge on any atom is 0.254 e. The number of hydrogen-bond donors (Lipinski definition) is 1. The third-order valence-electron chi connectivity index (χ3n) is 3.90. The van der Waals surface area contributed by atoms with Crippen LogP contribution in [0, 0.1) is 0 Å². The van der Waals surface area contributed by atoms with Crippen molar-refractivity contribution >= 4 is 21.6 Å². The normalized spacial score (nSPS) is 12.3. The lowest BCUT2D eigenvalue weighted by Crippen LogP contribution is -2.30. The molecule has 0 aromatic heterocycles. The molecule has 1 N–H and O–H groups in total. The van der Waals surface area contributed by atoms with Crippen LogP contribution in [0.25, 0.3) is 0 Å². The molecule has 1 unspecified atom stereocenters. The Hall–Kier alpha value is -2.54. The first-order chi connectivity index (χ1) is 11.7. The molecule has 0 spiro atoms. The van der Waals surface area contributed by atoms with Crippen LogP contribution in [-0.2, 0) is 10.0 Å². The van der Waals surface area contributed by atoms with E-state index in [4.69, 9.17) is 4.74 Å². The summed E-state index contributed by atoms with van der Waals surface area (Å²) >= 11 is 0. The number of amides is 1. The van der Waals surface area contributed by atoms with Crippen LogP contribution in [-0.4, -0.2) is 39.6 Å². The molecule has 2 rings (SSSR count). The van der Waals surface area contributed by atoms with E-state index in [1.165, 1.54) is 6.07 Å². The minimum absolute atomic E-state index is 0.212. The van der Waals surface area contributed by atoms with Crippen molar-refractivity contribution in [3.8, 4) is 5.75 Å². The van der Waals surface area contributed by atoms with E-state index in [0.29, 0.717) is 17.0 Å². The van der Waals surface area contributed by atoms with E-state index in [9.17, 15) is 13.2 Å². The highest BCUT2D eigenvalue weighted by Gasteiger charge is 2.21. The van der Waals surface area contributed by atoms with Crippen molar-refractivity contribution in [2.45, 2.75) is 13.0 Å². The van der Waals surface area contributed by atoms with Gasteiger partial charge in [-0.3, -0.25) is 9.52 Å². The van der Waals surface area contributed by atoms with E-state index in [2.05, 4.69) is 4.72 Å². The molecule has 0 aliphatic heterocycles. The minimum Gasteiger partial charge on any atom is -0.496 e. The number of ether oxygens (including phenoxy) is 1. The summed E-state index contributed by atoms with van der Waals surface area (Å²) in [6.07, 6.45) is 1.07. The van der Waals surface area contributed by atoms with Crippen LogP contribution in [0.4, 0.5) is 5.69 Å². The Kier molecular flexibility index (Phi) is 5.69. The molecule has 0 aliphatic rings. The van der Waals surface area contributed by atoms with E-state index in [0.717, 1.165) is 11.8 Å². The lowest BCUT2D eigenvalue weighted by Gasteiger charge is -2.26. The Balaban J connectivity index is 2.26. The van der Waals surface area contributed by atoms with E-state index in [1.54, 1.807) is 37.3 Å². The van der Waals surface area contributed by atoms with Crippen molar-refractivity contribution in [2.24, 2.45) is 0 Å². The SMILES string of the molecule is COc1ccccc1C(C)N(C)C(=O)c1cccc(NS(C)(=O)=O)c1. The summed E-state index contributed by atoms with van der Waals surface area (Å²) in [5.41, 5.74) is 1.65. The van der Waals surface area contributed by atoms with Crippen molar-refractivity contribution < 1.29 is 17.9 Å². The largest absolute Gasteiger partial charge is 0.496 e. The number of nitrogens with one attached hydrogen (secondary N) is 1. The standard InChI is InChI=1S/C18H22N2O4S/c1-13(16-10-5-6-11-17(16)24-3)20(2)18(21)14-8-7-9-15(12-14)19-25(4,22)23/h5-13,19H,1-4H3. The van der Waals surface area contributed by atoms with E-state index >= 15 is 0 Å². The average molecular weight is 362 g/mol. The van der Waals surface area contributed by atoms with Gasteiger partial charge in [0.05, 0.1) is 19.4 Å². The first-order valence-corrected chi connectivity index (χ1v) is 9.60. The molecule has 0 aliphatic carbocycles. The number of rotatable bonds is 6. The predicted molar refractivity (Wildman–Crippen MR) is 98.4 cm³/mol. The van der Waals surface area contributed by atoms with Gasteiger partial charge in [-0.15, -0.1) is 0 Å². The van der Waals surface area contributed by atoms with Gasteiger partial charge in [0.2, 0.25) is 10.0 Å². The molecule has 6 nitrogen and oxygen atoms in total. The number of benzene rings is 2. The fourth-order valence-electron chi connectivity index (χ4n) is 2.53. The zero-order chi connectivity index (χ0) is 18.6. The molecule has 1 amide bonds. The lowest BCUT2D eigenvalue weighted by atomic mass is 10.0. The number of hydrogen-bond acceptors (Lipinski definition) is 4. The highest BCUT2D eigenvalue weighted by atomic mass is 32.2. The van der Waals surface area contributed by atoms with Crippen molar-refractivity contribution in [3.63, 3.8) is 0 Å². The van der Waals surface area contributed by atoms with Crippen molar-refractivity contribution in [3.05, 3.63) is 59.7 Å². The first-order valence-electron chi connectivity index (χ1n) is 7.71. The van der Waals surface area contributed by atoms with Crippen molar-refractivity contribution in [1.29, 1.82) is 0 Å². The van der Waals surface area contributed by atoms with Crippen molar-refractivity contribution in [2.75, 3.05) is 25.1 Å². The Morgan fingerprint density at radius 2 is 1.84 bits per heavy atom. The van der Waals surface area contributed by atoms with Crippen molar-refractivity contribution in [1.82, 2.24) is 4.90 Å². The predicted octanol–water partition coefficient (Wildman–Crippen LogP) is 2.90. The molecule has 0 bridgehead atoms. The first kappa shape index (κ1) is 18.8. The summed E-state index contributed by atoms with van der Waals surface area (Å²) in [7, 11) is -0.104. The van der Waals surface area contributed by atoms with Crippen LogP contribution in [0.15, 0.2) is 48.5 Å². The van der Waals surface area contributed by atoms with E-state index < -0.39 is 10.0 Å². The molecule has 2 aromatic carbocycles. The fraction of sp³-hybridized carbons (Fsp3) is 0.278. The van der Waals surface area contributed by atoms with Gasteiger partial charge in [0.15, 0.2) is 0 Å². The number of anilines is 1. The van der Waals surface area contributed by atoms with Crippen LogP contribution in [0.5, 0.6) is 5.75 Å². The summed E-state index contributed by atoms with van der Waals surface area (Å²) in [4.78, 5) is 14.4. The number of methoxy groups -OCH3 is 1. The number of nitrogens with zero attached hydrogens (tertiary/aromatic N) is 1. The molecule has 25 heavy (non-hydrogen) atoms. The summed E-state index contributed by atoms with van der Waals surface area (Å²) < 4.78 is 30.5. The van der Waals surface area contributed by atoms with Crippen LogP contribution < -0.4 is 9.46 Å². The average Bonchev–Trinajstić information content (AvgIpc) is 2.58. The quantitative estimate of drug-likeness (QED) is 0.857. The molecule has 0 fully saturated rings. The van der Waals surface area contributed by atoms with Gasteiger partial charge in [-0.1, -0.05) is 24.3 Å². The van der Waals surface area contributed by atoms with Crippen LogP contribution in [0.2, 0.25) is 0 Å². The van der Waals surface area contributed by atoms with Gasteiger partial charge in [-0.2, -0.15) is 0 Å². The molecule has 0 radical (unpaired) electrons. The van der Waals surface area contributed by atoms with Gasteiger partial charge in [-0.05, 0) is 31.2 Å². The topological polar surface area (TPSA) is 75.7 Å². The second-order valence-corrected chi connectivity index (χ2v) is 7.54. The van der Waals surface area contributed by atoms with Gasteiger partial charge >= 0.3 is 0 Å². The number of carbonyl (C=O) groups is 1. The second-order valence-electron chi connectivity index (χ2n) is 5.79. The number of para-hydroxylation sites is 1. The van der Waals surface area contributed by atoms with Gasteiger partial charge < -0.3 is 9.64 Å². The molecular formula is C18H22N2O4S. The van der Waals surface area contributed by atoms with Gasteiger partial charge in [0.1, 0.15) is 5.75 Å². The summed E-state index contributed by atoms with van der Waals surface area (Å²) in [5, 5.41) is 0.